The molecule has 0 radical (unpaired) electrons. The molecule has 3 N–H and O–H groups in total. The van der Waals surface area contributed by atoms with Gasteiger partial charge in [-0.3, -0.25) is 4.98 Å². The van der Waals surface area contributed by atoms with Crippen LogP contribution in [0.4, 0.5) is 5.82 Å². The molecular formula is C9H16N4O. The number of aromatic nitrogens is 2. The Kier molecular flexibility index (Phi) is 4.88. The molecule has 0 spiro atoms. The molecule has 1 rings (SSSR count). The quantitative estimate of drug-likeness (QED) is 0.682. The summed E-state index contributed by atoms with van der Waals surface area (Å²) in [4.78, 5) is 8.07. The molecule has 0 aliphatic heterocycles. The van der Waals surface area contributed by atoms with Crippen molar-refractivity contribution in [2.75, 3.05) is 25.6 Å². The summed E-state index contributed by atoms with van der Waals surface area (Å²) in [7, 11) is 1.67. The lowest BCUT2D eigenvalue weighted by Gasteiger charge is -2.16. The molecule has 0 aromatic carbocycles. The van der Waals surface area contributed by atoms with Gasteiger partial charge in [0.05, 0.1) is 18.8 Å². The van der Waals surface area contributed by atoms with Gasteiger partial charge < -0.3 is 15.8 Å². The number of ether oxygens (including phenoxy) is 1. The van der Waals surface area contributed by atoms with Crippen molar-refractivity contribution < 1.29 is 4.74 Å². The van der Waals surface area contributed by atoms with Crippen LogP contribution in [0.15, 0.2) is 18.6 Å². The molecule has 14 heavy (non-hydrogen) atoms. The largest absolute Gasteiger partial charge is 0.383 e. The number of rotatable bonds is 6. The predicted molar refractivity (Wildman–Crippen MR) is 55.0 cm³/mol. The summed E-state index contributed by atoms with van der Waals surface area (Å²) < 4.78 is 5.06. The van der Waals surface area contributed by atoms with Crippen molar-refractivity contribution in [3.63, 3.8) is 0 Å². The van der Waals surface area contributed by atoms with Gasteiger partial charge in [-0.15, -0.1) is 0 Å². The third-order valence-corrected chi connectivity index (χ3v) is 1.80. The minimum absolute atomic E-state index is 0.196. The predicted octanol–water partition coefficient (Wildman–Crippen LogP) is 0.252. The molecule has 1 unspecified atom stereocenters. The first kappa shape index (κ1) is 10.9. The Hall–Kier alpha value is -1.20. The Morgan fingerprint density at radius 1 is 1.57 bits per heavy atom. The van der Waals surface area contributed by atoms with Crippen LogP contribution < -0.4 is 11.1 Å². The first-order valence-electron chi connectivity index (χ1n) is 4.58. The summed E-state index contributed by atoms with van der Waals surface area (Å²) in [6.07, 6.45) is 5.82. The highest BCUT2D eigenvalue weighted by molar-refractivity contribution is 5.31. The van der Waals surface area contributed by atoms with Gasteiger partial charge in [0, 0.05) is 19.5 Å². The van der Waals surface area contributed by atoms with E-state index in [4.69, 9.17) is 10.5 Å². The first-order valence-corrected chi connectivity index (χ1v) is 4.58. The van der Waals surface area contributed by atoms with Crippen LogP contribution in [0.5, 0.6) is 0 Å². The maximum absolute atomic E-state index is 5.48. The molecule has 0 saturated carbocycles. The zero-order chi connectivity index (χ0) is 10.2. The van der Waals surface area contributed by atoms with Crippen molar-refractivity contribution in [3.05, 3.63) is 18.6 Å². The van der Waals surface area contributed by atoms with Crippen molar-refractivity contribution in [1.82, 2.24) is 9.97 Å². The second-order valence-electron chi connectivity index (χ2n) is 2.96. The molecule has 0 aliphatic rings. The standard InChI is InChI=1S/C9H16N4O/c1-14-7-8(2-3-10)13-9-6-11-4-5-12-9/h4-6,8H,2-3,7,10H2,1H3,(H,12,13). The van der Waals surface area contributed by atoms with Gasteiger partial charge >= 0.3 is 0 Å². The Labute approximate surface area is 83.7 Å². The first-order chi connectivity index (χ1) is 6.86. The number of methoxy groups -OCH3 is 1. The van der Waals surface area contributed by atoms with E-state index in [9.17, 15) is 0 Å². The van der Waals surface area contributed by atoms with Gasteiger partial charge in [0.2, 0.25) is 0 Å². The van der Waals surface area contributed by atoms with Crippen LogP contribution in [-0.4, -0.2) is 36.3 Å². The normalized spacial score (nSPS) is 12.4. The number of nitrogens with one attached hydrogen (secondary N) is 1. The highest BCUT2D eigenvalue weighted by atomic mass is 16.5. The topological polar surface area (TPSA) is 73.1 Å². The van der Waals surface area contributed by atoms with Crippen LogP contribution in [-0.2, 0) is 4.74 Å². The lowest BCUT2D eigenvalue weighted by Crippen LogP contribution is -2.28. The minimum atomic E-state index is 0.196. The molecule has 0 amide bonds. The Morgan fingerprint density at radius 3 is 3.00 bits per heavy atom. The van der Waals surface area contributed by atoms with E-state index in [1.807, 2.05) is 0 Å². The van der Waals surface area contributed by atoms with Gasteiger partial charge in [0.25, 0.3) is 0 Å². The van der Waals surface area contributed by atoms with Crippen LogP contribution in [0, 0.1) is 0 Å². The van der Waals surface area contributed by atoms with Crippen molar-refractivity contribution in [2.24, 2.45) is 5.73 Å². The van der Waals surface area contributed by atoms with E-state index in [0.29, 0.717) is 13.2 Å². The van der Waals surface area contributed by atoms with Gasteiger partial charge in [0.1, 0.15) is 5.82 Å². The number of anilines is 1. The third kappa shape index (κ3) is 3.68. The molecule has 5 nitrogen and oxygen atoms in total. The Morgan fingerprint density at radius 2 is 2.43 bits per heavy atom. The van der Waals surface area contributed by atoms with Crippen molar-refractivity contribution in [2.45, 2.75) is 12.5 Å². The van der Waals surface area contributed by atoms with Gasteiger partial charge in [-0.25, -0.2) is 4.98 Å². The van der Waals surface area contributed by atoms with Gasteiger partial charge in [-0.05, 0) is 13.0 Å². The lowest BCUT2D eigenvalue weighted by molar-refractivity contribution is 0.183. The van der Waals surface area contributed by atoms with Gasteiger partial charge in [-0.2, -0.15) is 0 Å². The van der Waals surface area contributed by atoms with Crippen molar-refractivity contribution in [3.8, 4) is 0 Å². The molecular weight excluding hydrogens is 180 g/mol. The number of hydrogen-bond acceptors (Lipinski definition) is 5. The zero-order valence-corrected chi connectivity index (χ0v) is 8.31. The van der Waals surface area contributed by atoms with E-state index in [1.54, 1.807) is 25.7 Å². The highest BCUT2D eigenvalue weighted by Gasteiger charge is 2.07. The van der Waals surface area contributed by atoms with E-state index in [0.717, 1.165) is 12.2 Å². The monoisotopic (exact) mass is 196 g/mol. The maximum atomic E-state index is 5.48. The zero-order valence-electron chi connectivity index (χ0n) is 8.31. The second kappa shape index (κ2) is 6.28. The van der Waals surface area contributed by atoms with E-state index in [2.05, 4.69) is 15.3 Å². The van der Waals surface area contributed by atoms with Gasteiger partial charge in [0.15, 0.2) is 0 Å². The second-order valence-corrected chi connectivity index (χ2v) is 2.96. The molecule has 0 bridgehead atoms. The maximum Gasteiger partial charge on any atom is 0.144 e. The van der Waals surface area contributed by atoms with Crippen LogP contribution in [0.25, 0.3) is 0 Å². The molecule has 1 heterocycles. The fourth-order valence-electron chi connectivity index (χ4n) is 1.18. The fourth-order valence-corrected chi connectivity index (χ4v) is 1.18. The van der Waals surface area contributed by atoms with Crippen LogP contribution in [0.2, 0.25) is 0 Å². The summed E-state index contributed by atoms with van der Waals surface area (Å²) in [6, 6.07) is 0.196. The Balaban J connectivity index is 2.46. The molecule has 1 aromatic rings. The summed E-state index contributed by atoms with van der Waals surface area (Å²) in [5.74, 6) is 0.753. The highest BCUT2D eigenvalue weighted by Crippen LogP contribution is 2.03. The fraction of sp³-hybridized carbons (Fsp3) is 0.556. The average molecular weight is 196 g/mol. The Bertz CT molecular complexity index is 236. The van der Waals surface area contributed by atoms with Crippen LogP contribution in [0.3, 0.4) is 0 Å². The smallest absolute Gasteiger partial charge is 0.144 e. The van der Waals surface area contributed by atoms with E-state index in [-0.39, 0.29) is 6.04 Å². The number of nitrogens with zero attached hydrogens (tertiary/aromatic N) is 2. The molecule has 0 aliphatic carbocycles. The summed E-state index contributed by atoms with van der Waals surface area (Å²) >= 11 is 0. The summed E-state index contributed by atoms with van der Waals surface area (Å²) in [5, 5.41) is 3.20. The molecule has 5 heteroatoms. The minimum Gasteiger partial charge on any atom is -0.383 e. The average Bonchev–Trinajstić information content (AvgIpc) is 2.20. The van der Waals surface area contributed by atoms with E-state index in [1.165, 1.54) is 0 Å². The van der Waals surface area contributed by atoms with Crippen LogP contribution in [0.1, 0.15) is 6.42 Å². The third-order valence-electron chi connectivity index (χ3n) is 1.80. The van der Waals surface area contributed by atoms with Gasteiger partial charge in [-0.1, -0.05) is 0 Å². The molecule has 0 saturated heterocycles. The lowest BCUT2D eigenvalue weighted by atomic mass is 10.2. The van der Waals surface area contributed by atoms with E-state index < -0.39 is 0 Å². The number of hydrogen-bond donors (Lipinski definition) is 2. The molecule has 1 aromatic heterocycles. The van der Waals surface area contributed by atoms with Crippen molar-refractivity contribution >= 4 is 5.82 Å². The van der Waals surface area contributed by atoms with Crippen molar-refractivity contribution in [1.29, 1.82) is 0 Å². The SMILES string of the molecule is COCC(CCN)Nc1cnccn1. The summed E-state index contributed by atoms with van der Waals surface area (Å²) in [5.41, 5.74) is 5.48. The molecule has 78 valence electrons. The summed E-state index contributed by atoms with van der Waals surface area (Å²) in [6.45, 7) is 1.25. The number of nitrogens with two attached hydrogens (primary N) is 1. The van der Waals surface area contributed by atoms with E-state index >= 15 is 0 Å². The molecule has 0 fully saturated rings. The molecule has 1 atom stereocenters. The van der Waals surface area contributed by atoms with Crippen LogP contribution >= 0.6 is 0 Å².